The Balaban J connectivity index is 1.31. The van der Waals surface area contributed by atoms with Gasteiger partial charge in [0.1, 0.15) is 5.65 Å². The van der Waals surface area contributed by atoms with Gasteiger partial charge < -0.3 is 0 Å². The maximum atomic E-state index is 5.03. The van der Waals surface area contributed by atoms with Crippen molar-refractivity contribution in [3.05, 3.63) is 133 Å². The summed E-state index contributed by atoms with van der Waals surface area (Å²) < 4.78 is 2.32. The van der Waals surface area contributed by atoms with Gasteiger partial charge in [-0.25, -0.2) is 4.98 Å². The summed E-state index contributed by atoms with van der Waals surface area (Å²) in [6.45, 7) is 0. The van der Waals surface area contributed by atoms with Gasteiger partial charge in [-0.3, -0.25) is 4.40 Å². The first-order chi connectivity index (χ1) is 18.3. The molecule has 8 rings (SSSR count). The molecule has 0 saturated carbocycles. The van der Waals surface area contributed by atoms with E-state index in [1.54, 1.807) is 0 Å². The van der Waals surface area contributed by atoms with Crippen molar-refractivity contribution < 1.29 is 0 Å². The van der Waals surface area contributed by atoms with Gasteiger partial charge in [0.25, 0.3) is 0 Å². The monoisotopic (exact) mass is 470 g/mol. The molecule has 0 N–H and O–H groups in total. The van der Waals surface area contributed by atoms with Crippen molar-refractivity contribution >= 4 is 49.1 Å². The zero-order valence-corrected chi connectivity index (χ0v) is 20.1. The number of benzene rings is 6. The lowest BCUT2D eigenvalue weighted by molar-refractivity contribution is 1.31. The van der Waals surface area contributed by atoms with Gasteiger partial charge in [0.05, 0.1) is 16.6 Å². The smallest absolute Gasteiger partial charge is 0.146 e. The normalized spacial score (nSPS) is 11.8. The predicted molar refractivity (Wildman–Crippen MR) is 156 cm³/mol. The van der Waals surface area contributed by atoms with Crippen LogP contribution in [0.15, 0.2) is 133 Å². The Morgan fingerprint density at radius 1 is 0.405 bits per heavy atom. The summed E-state index contributed by atoms with van der Waals surface area (Å²) in [5.74, 6) is 0. The molecule has 0 fully saturated rings. The van der Waals surface area contributed by atoms with Crippen LogP contribution in [0.1, 0.15) is 0 Å². The highest BCUT2D eigenvalue weighted by molar-refractivity contribution is 6.14. The molecule has 2 heterocycles. The molecule has 0 radical (unpaired) electrons. The molecule has 6 aromatic carbocycles. The number of para-hydroxylation sites is 2. The lowest BCUT2D eigenvalue weighted by atomic mass is 9.97. The van der Waals surface area contributed by atoms with Crippen LogP contribution in [0.5, 0.6) is 0 Å². The van der Waals surface area contributed by atoms with E-state index < -0.39 is 0 Å². The summed E-state index contributed by atoms with van der Waals surface area (Å²) in [6, 6.07) is 47.9. The highest BCUT2D eigenvalue weighted by Gasteiger charge is 2.14. The molecule has 2 nitrogen and oxygen atoms in total. The number of hydrogen-bond donors (Lipinski definition) is 0. The fraction of sp³-hybridized carbons (Fsp3) is 0. The minimum atomic E-state index is 1.01. The maximum absolute atomic E-state index is 5.03. The number of aromatic nitrogens is 2. The third-order valence-electron chi connectivity index (χ3n) is 7.56. The molecule has 0 aliphatic heterocycles. The lowest BCUT2D eigenvalue weighted by Gasteiger charge is -2.11. The Morgan fingerprint density at radius 2 is 1.03 bits per heavy atom. The van der Waals surface area contributed by atoms with Crippen molar-refractivity contribution in [2.45, 2.75) is 0 Å². The predicted octanol–water partition coefficient (Wildman–Crippen LogP) is 9.28. The Labute approximate surface area is 214 Å². The van der Waals surface area contributed by atoms with Gasteiger partial charge in [-0.15, -0.1) is 0 Å². The first kappa shape index (κ1) is 20.3. The SMILES string of the molecule is c1ccc2cc(-c3ccc(-c4ccc5c6ccccc6c6nc7ccccc7n6c5c4)cc3)ccc2c1. The number of fused-ring (bicyclic) bond motifs is 9. The number of imidazole rings is 1. The summed E-state index contributed by atoms with van der Waals surface area (Å²) in [5, 5.41) is 6.19. The van der Waals surface area contributed by atoms with E-state index in [0.29, 0.717) is 0 Å². The van der Waals surface area contributed by atoms with E-state index in [2.05, 4.69) is 138 Å². The molecule has 8 aromatic rings. The molecule has 0 aliphatic rings. The van der Waals surface area contributed by atoms with Crippen molar-refractivity contribution in [3.63, 3.8) is 0 Å². The Kier molecular flexibility index (Phi) is 4.26. The van der Waals surface area contributed by atoms with Crippen LogP contribution in [0.25, 0.3) is 71.4 Å². The highest BCUT2D eigenvalue weighted by Crippen LogP contribution is 2.35. The van der Waals surface area contributed by atoms with Gasteiger partial charge in [0.2, 0.25) is 0 Å². The van der Waals surface area contributed by atoms with E-state index in [9.17, 15) is 0 Å². The van der Waals surface area contributed by atoms with E-state index >= 15 is 0 Å². The summed E-state index contributed by atoms with van der Waals surface area (Å²) in [5.41, 5.74) is 9.21. The first-order valence-corrected chi connectivity index (χ1v) is 12.6. The quantitative estimate of drug-likeness (QED) is 0.230. The maximum Gasteiger partial charge on any atom is 0.146 e. The molecular weight excluding hydrogens is 448 g/mol. The van der Waals surface area contributed by atoms with Crippen LogP contribution in [0.4, 0.5) is 0 Å². The van der Waals surface area contributed by atoms with Gasteiger partial charge >= 0.3 is 0 Å². The van der Waals surface area contributed by atoms with Crippen LogP contribution in [0.3, 0.4) is 0 Å². The van der Waals surface area contributed by atoms with Gasteiger partial charge in [-0.2, -0.15) is 0 Å². The van der Waals surface area contributed by atoms with Crippen molar-refractivity contribution in [1.82, 2.24) is 9.38 Å². The van der Waals surface area contributed by atoms with Gasteiger partial charge in [-0.1, -0.05) is 109 Å². The van der Waals surface area contributed by atoms with Crippen molar-refractivity contribution in [2.24, 2.45) is 0 Å². The molecule has 2 heteroatoms. The van der Waals surface area contributed by atoms with E-state index in [1.165, 1.54) is 54.7 Å². The number of hydrogen-bond acceptors (Lipinski definition) is 1. The minimum Gasteiger partial charge on any atom is -0.292 e. The fourth-order valence-corrected chi connectivity index (χ4v) is 5.71. The molecule has 0 spiro atoms. The molecule has 2 aromatic heterocycles. The molecule has 37 heavy (non-hydrogen) atoms. The van der Waals surface area contributed by atoms with Gasteiger partial charge in [0, 0.05) is 10.8 Å². The van der Waals surface area contributed by atoms with Crippen LogP contribution in [0.2, 0.25) is 0 Å². The zero-order valence-electron chi connectivity index (χ0n) is 20.1. The summed E-state index contributed by atoms with van der Waals surface area (Å²) in [6.07, 6.45) is 0. The average molecular weight is 471 g/mol. The van der Waals surface area contributed by atoms with Crippen molar-refractivity contribution in [2.75, 3.05) is 0 Å². The topological polar surface area (TPSA) is 17.3 Å². The van der Waals surface area contributed by atoms with E-state index in [1.807, 2.05) is 0 Å². The van der Waals surface area contributed by atoms with Gasteiger partial charge in [-0.05, 0) is 62.7 Å². The standard InChI is InChI=1S/C35H22N2/c1-2-8-26-21-27(18-17-23(26)7-1)24-13-15-25(16-14-24)28-19-20-30-29-9-3-4-10-31(29)35-36-32-11-5-6-12-33(32)37(35)34(30)22-28/h1-22H. The summed E-state index contributed by atoms with van der Waals surface area (Å²) >= 11 is 0. The largest absolute Gasteiger partial charge is 0.292 e. The molecule has 0 unspecified atom stereocenters. The zero-order chi connectivity index (χ0) is 24.3. The molecular formula is C35H22N2. The second-order valence-electron chi connectivity index (χ2n) is 9.68. The molecule has 0 aliphatic carbocycles. The number of nitrogens with zero attached hydrogens (tertiary/aromatic N) is 2. The second-order valence-corrected chi connectivity index (χ2v) is 9.68. The molecule has 172 valence electrons. The summed E-state index contributed by atoms with van der Waals surface area (Å²) in [4.78, 5) is 5.03. The van der Waals surface area contributed by atoms with Crippen molar-refractivity contribution in [3.8, 4) is 22.3 Å². The Morgan fingerprint density at radius 3 is 1.86 bits per heavy atom. The molecule has 0 atom stereocenters. The second kappa shape index (κ2) is 7.78. The fourth-order valence-electron chi connectivity index (χ4n) is 5.71. The van der Waals surface area contributed by atoms with Crippen LogP contribution < -0.4 is 0 Å². The third kappa shape index (κ3) is 3.09. The summed E-state index contributed by atoms with van der Waals surface area (Å²) in [7, 11) is 0. The van der Waals surface area contributed by atoms with E-state index in [4.69, 9.17) is 4.98 Å². The van der Waals surface area contributed by atoms with Gasteiger partial charge in [0.15, 0.2) is 0 Å². The van der Waals surface area contributed by atoms with Crippen molar-refractivity contribution in [1.29, 1.82) is 0 Å². The molecule has 0 amide bonds. The van der Waals surface area contributed by atoms with Crippen LogP contribution in [0, 0.1) is 0 Å². The molecule has 0 saturated heterocycles. The van der Waals surface area contributed by atoms with E-state index in [0.717, 1.165) is 16.7 Å². The number of rotatable bonds is 2. The highest BCUT2D eigenvalue weighted by atomic mass is 15.0. The van der Waals surface area contributed by atoms with Crippen LogP contribution >= 0.6 is 0 Å². The Hall–Kier alpha value is -4.95. The van der Waals surface area contributed by atoms with Crippen LogP contribution in [-0.4, -0.2) is 9.38 Å². The lowest BCUT2D eigenvalue weighted by Crippen LogP contribution is -1.92. The van der Waals surface area contributed by atoms with E-state index in [-0.39, 0.29) is 0 Å². The number of pyridine rings is 1. The minimum absolute atomic E-state index is 1.01. The Bertz CT molecular complexity index is 2130. The first-order valence-electron chi connectivity index (χ1n) is 12.6. The molecule has 0 bridgehead atoms. The van der Waals surface area contributed by atoms with Crippen LogP contribution in [-0.2, 0) is 0 Å². The third-order valence-corrected chi connectivity index (χ3v) is 7.56. The average Bonchev–Trinajstić information content (AvgIpc) is 3.37.